The summed E-state index contributed by atoms with van der Waals surface area (Å²) in [6.07, 6.45) is 11.4. The Morgan fingerprint density at radius 2 is 1.60 bits per heavy atom. The number of carbonyl (C=O) groups excluding carboxylic acids is 1. The molecule has 1 heterocycles. The van der Waals surface area contributed by atoms with Crippen LogP contribution in [0.2, 0.25) is 0 Å². The van der Waals surface area contributed by atoms with E-state index in [0.29, 0.717) is 12.5 Å². The Balaban J connectivity index is 1.75. The van der Waals surface area contributed by atoms with Crippen LogP contribution in [0, 0.1) is 0 Å². The lowest BCUT2D eigenvalue weighted by Gasteiger charge is -2.22. The molecule has 1 fully saturated rings. The summed E-state index contributed by atoms with van der Waals surface area (Å²) in [7, 11) is 1.45. The summed E-state index contributed by atoms with van der Waals surface area (Å²) in [5, 5.41) is 0. The van der Waals surface area contributed by atoms with Crippen molar-refractivity contribution in [3.63, 3.8) is 0 Å². The van der Waals surface area contributed by atoms with Crippen molar-refractivity contribution in [2.75, 3.05) is 26.9 Å². The Bertz CT molecular complexity index is 237. The monoisotopic (exact) mass is 286 g/mol. The summed E-state index contributed by atoms with van der Waals surface area (Å²) < 4.78 is 15.8. The summed E-state index contributed by atoms with van der Waals surface area (Å²) in [6, 6.07) is 0. The lowest BCUT2D eigenvalue weighted by Crippen LogP contribution is -2.23. The first-order valence-electron chi connectivity index (χ1n) is 8.09. The second-order valence-corrected chi connectivity index (χ2v) is 5.48. The molecule has 0 aliphatic carbocycles. The molecule has 1 saturated heterocycles. The van der Waals surface area contributed by atoms with Gasteiger partial charge in [0.15, 0.2) is 0 Å². The molecule has 4 heteroatoms. The maximum absolute atomic E-state index is 10.9. The Morgan fingerprint density at radius 1 is 1.00 bits per heavy atom. The van der Waals surface area contributed by atoms with Gasteiger partial charge >= 0.3 is 5.97 Å². The highest BCUT2D eigenvalue weighted by Gasteiger charge is 2.13. The van der Waals surface area contributed by atoms with Gasteiger partial charge in [-0.05, 0) is 25.7 Å². The lowest BCUT2D eigenvalue weighted by molar-refractivity contribution is -0.140. The number of rotatable bonds is 11. The molecule has 0 bridgehead atoms. The molecule has 0 unspecified atom stereocenters. The van der Waals surface area contributed by atoms with Crippen molar-refractivity contribution in [2.24, 2.45) is 0 Å². The number of carbonyl (C=O) groups is 1. The van der Waals surface area contributed by atoms with Gasteiger partial charge in [-0.3, -0.25) is 4.79 Å². The average Bonchev–Trinajstić information content (AvgIpc) is 2.50. The van der Waals surface area contributed by atoms with Crippen LogP contribution in [0.15, 0.2) is 0 Å². The number of hydrogen-bond donors (Lipinski definition) is 0. The van der Waals surface area contributed by atoms with E-state index in [1.165, 1.54) is 39.2 Å². The van der Waals surface area contributed by atoms with E-state index in [1.54, 1.807) is 0 Å². The molecule has 0 N–H and O–H groups in total. The smallest absolute Gasteiger partial charge is 0.305 e. The summed E-state index contributed by atoms with van der Waals surface area (Å²) in [5.74, 6) is -0.0877. The maximum Gasteiger partial charge on any atom is 0.305 e. The largest absolute Gasteiger partial charge is 0.469 e. The molecule has 0 spiro atoms. The number of hydrogen-bond acceptors (Lipinski definition) is 4. The van der Waals surface area contributed by atoms with Crippen LogP contribution in [0.5, 0.6) is 0 Å². The van der Waals surface area contributed by atoms with Gasteiger partial charge in [-0.1, -0.05) is 32.1 Å². The van der Waals surface area contributed by atoms with E-state index in [-0.39, 0.29) is 5.97 Å². The van der Waals surface area contributed by atoms with Gasteiger partial charge < -0.3 is 14.2 Å². The number of methoxy groups -OCH3 is 1. The highest BCUT2D eigenvalue weighted by atomic mass is 16.5. The molecule has 0 aromatic carbocycles. The van der Waals surface area contributed by atoms with Gasteiger partial charge in [0, 0.05) is 26.2 Å². The molecule has 20 heavy (non-hydrogen) atoms. The van der Waals surface area contributed by atoms with E-state index in [4.69, 9.17) is 9.47 Å². The molecular formula is C16H30O4. The van der Waals surface area contributed by atoms with Crippen LogP contribution in [-0.2, 0) is 19.0 Å². The van der Waals surface area contributed by atoms with Crippen molar-refractivity contribution < 1.29 is 19.0 Å². The summed E-state index contributed by atoms with van der Waals surface area (Å²) >= 11 is 0. The van der Waals surface area contributed by atoms with Gasteiger partial charge in [0.25, 0.3) is 0 Å². The Labute approximate surface area is 123 Å². The van der Waals surface area contributed by atoms with Crippen molar-refractivity contribution in [3.05, 3.63) is 0 Å². The lowest BCUT2D eigenvalue weighted by atomic mass is 10.1. The first kappa shape index (κ1) is 17.4. The molecule has 1 aliphatic heterocycles. The first-order valence-corrected chi connectivity index (χ1v) is 8.09. The van der Waals surface area contributed by atoms with Crippen LogP contribution in [0.1, 0.15) is 64.2 Å². The summed E-state index contributed by atoms with van der Waals surface area (Å²) in [5.41, 5.74) is 0. The van der Waals surface area contributed by atoms with E-state index >= 15 is 0 Å². The third kappa shape index (κ3) is 9.32. The molecule has 118 valence electrons. The first-order chi connectivity index (χ1) is 9.83. The fourth-order valence-electron chi connectivity index (χ4n) is 2.45. The maximum atomic E-state index is 10.9. The van der Waals surface area contributed by atoms with E-state index in [2.05, 4.69) is 4.74 Å². The van der Waals surface area contributed by atoms with Crippen LogP contribution in [0.25, 0.3) is 0 Å². The van der Waals surface area contributed by atoms with Gasteiger partial charge in [0.05, 0.1) is 13.2 Å². The zero-order valence-electron chi connectivity index (χ0n) is 12.9. The van der Waals surface area contributed by atoms with Crippen LogP contribution in [0.3, 0.4) is 0 Å². The standard InChI is InChI=1S/C16H30O4/c1-18-16(17)9-7-5-3-2-4-6-8-12-20-15-10-13-19-14-11-15/h15H,2-14H2,1H3. The molecule has 0 radical (unpaired) electrons. The summed E-state index contributed by atoms with van der Waals surface area (Å²) in [6.45, 7) is 2.61. The third-order valence-corrected chi connectivity index (χ3v) is 3.77. The highest BCUT2D eigenvalue weighted by Crippen LogP contribution is 2.12. The van der Waals surface area contributed by atoms with Gasteiger partial charge in [-0.25, -0.2) is 0 Å². The molecule has 0 atom stereocenters. The fraction of sp³-hybridized carbons (Fsp3) is 0.938. The summed E-state index contributed by atoms with van der Waals surface area (Å²) in [4.78, 5) is 10.9. The van der Waals surface area contributed by atoms with Crippen LogP contribution in [0.4, 0.5) is 0 Å². The molecule has 0 amide bonds. The zero-order valence-corrected chi connectivity index (χ0v) is 12.9. The normalized spacial score (nSPS) is 16.2. The minimum Gasteiger partial charge on any atom is -0.469 e. The molecular weight excluding hydrogens is 256 g/mol. The Morgan fingerprint density at radius 3 is 2.25 bits per heavy atom. The van der Waals surface area contributed by atoms with Crippen LogP contribution in [-0.4, -0.2) is 39.0 Å². The van der Waals surface area contributed by atoms with Crippen LogP contribution >= 0.6 is 0 Å². The predicted molar refractivity (Wildman–Crippen MR) is 78.7 cm³/mol. The van der Waals surface area contributed by atoms with Crippen molar-refractivity contribution in [2.45, 2.75) is 70.3 Å². The Kier molecular flexibility index (Phi) is 10.6. The quantitative estimate of drug-likeness (QED) is 0.431. The van der Waals surface area contributed by atoms with E-state index in [9.17, 15) is 4.79 Å². The molecule has 1 aliphatic rings. The number of unbranched alkanes of at least 4 members (excludes halogenated alkanes) is 6. The van der Waals surface area contributed by atoms with Crippen molar-refractivity contribution in [1.82, 2.24) is 0 Å². The molecule has 4 nitrogen and oxygen atoms in total. The topological polar surface area (TPSA) is 44.8 Å². The number of ether oxygens (including phenoxy) is 3. The van der Waals surface area contributed by atoms with E-state index in [0.717, 1.165) is 45.5 Å². The predicted octanol–water partition coefficient (Wildman–Crippen LogP) is 3.48. The van der Waals surface area contributed by atoms with Gasteiger partial charge in [-0.15, -0.1) is 0 Å². The average molecular weight is 286 g/mol. The van der Waals surface area contributed by atoms with E-state index < -0.39 is 0 Å². The SMILES string of the molecule is COC(=O)CCCCCCCCCOC1CCOCC1. The fourth-order valence-corrected chi connectivity index (χ4v) is 2.45. The Hall–Kier alpha value is -0.610. The molecule has 0 aromatic heterocycles. The van der Waals surface area contributed by atoms with Gasteiger partial charge in [0.2, 0.25) is 0 Å². The molecule has 0 saturated carbocycles. The molecule has 1 rings (SSSR count). The minimum absolute atomic E-state index is 0.0877. The van der Waals surface area contributed by atoms with Crippen molar-refractivity contribution >= 4 is 5.97 Å². The zero-order chi connectivity index (χ0) is 14.5. The highest BCUT2D eigenvalue weighted by molar-refractivity contribution is 5.68. The second-order valence-electron chi connectivity index (χ2n) is 5.48. The van der Waals surface area contributed by atoms with Gasteiger partial charge in [0.1, 0.15) is 0 Å². The third-order valence-electron chi connectivity index (χ3n) is 3.77. The second kappa shape index (κ2) is 12.2. The van der Waals surface area contributed by atoms with Crippen LogP contribution < -0.4 is 0 Å². The minimum atomic E-state index is -0.0877. The number of esters is 1. The van der Waals surface area contributed by atoms with Crippen molar-refractivity contribution in [3.8, 4) is 0 Å². The van der Waals surface area contributed by atoms with Crippen molar-refractivity contribution in [1.29, 1.82) is 0 Å². The van der Waals surface area contributed by atoms with Gasteiger partial charge in [-0.2, -0.15) is 0 Å². The molecule has 0 aromatic rings. The van der Waals surface area contributed by atoms with E-state index in [1.807, 2.05) is 0 Å².